The van der Waals surface area contributed by atoms with Crippen LogP contribution in [0.2, 0.25) is 0 Å². The molecule has 1 aliphatic rings. The standard InChI is InChI=1S/C24H24F6/c1-2-3-15-4-6-16(7-5-15)17-8-9-19(21(25)12-17)18-13-22(26)20(23(27)14-18)10-11-24(28,29)30/h8-16H,2-7H2,1H3. The second-order valence-electron chi connectivity index (χ2n) is 7.97. The van der Waals surface area contributed by atoms with Gasteiger partial charge in [-0.15, -0.1) is 0 Å². The largest absolute Gasteiger partial charge is 0.409 e. The highest BCUT2D eigenvalue weighted by Gasteiger charge is 2.24. The van der Waals surface area contributed by atoms with Gasteiger partial charge in [0.05, 0.1) is 0 Å². The molecule has 0 bridgehead atoms. The predicted octanol–water partition coefficient (Wildman–Crippen LogP) is 8.42. The Morgan fingerprint density at radius 1 is 0.900 bits per heavy atom. The van der Waals surface area contributed by atoms with E-state index in [4.69, 9.17) is 0 Å². The summed E-state index contributed by atoms with van der Waals surface area (Å²) in [5, 5.41) is 0. The van der Waals surface area contributed by atoms with E-state index in [1.54, 1.807) is 6.07 Å². The second kappa shape index (κ2) is 9.27. The lowest BCUT2D eigenvalue weighted by atomic mass is 9.77. The molecule has 1 aliphatic carbocycles. The molecule has 0 amide bonds. The van der Waals surface area contributed by atoms with Crippen molar-refractivity contribution in [2.24, 2.45) is 5.92 Å². The molecule has 1 fully saturated rings. The van der Waals surface area contributed by atoms with Crippen LogP contribution in [0.1, 0.15) is 62.5 Å². The van der Waals surface area contributed by atoms with Gasteiger partial charge in [-0.2, -0.15) is 13.2 Å². The van der Waals surface area contributed by atoms with Crippen LogP contribution in [0.3, 0.4) is 0 Å². The van der Waals surface area contributed by atoms with Gasteiger partial charge in [0, 0.05) is 17.2 Å². The first-order valence-electron chi connectivity index (χ1n) is 10.2. The van der Waals surface area contributed by atoms with Crippen molar-refractivity contribution in [3.8, 4) is 11.1 Å². The number of halogens is 6. The summed E-state index contributed by atoms with van der Waals surface area (Å²) >= 11 is 0. The smallest absolute Gasteiger partial charge is 0.206 e. The van der Waals surface area contributed by atoms with Gasteiger partial charge < -0.3 is 0 Å². The third kappa shape index (κ3) is 5.46. The normalized spacial score (nSPS) is 20.1. The SMILES string of the molecule is CCCC1CCC(c2ccc(-c3cc(F)c(C=CC(F)(F)F)c(F)c3)c(F)c2)CC1. The fourth-order valence-electron chi connectivity index (χ4n) is 4.29. The van der Waals surface area contributed by atoms with Crippen molar-refractivity contribution in [3.05, 3.63) is 65.0 Å². The third-order valence-corrected chi connectivity index (χ3v) is 5.84. The molecule has 0 aromatic heterocycles. The van der Waals surface area contributed by atoms with Crippen molar-refractivity contribution in [1.82, 2.24) is 0 Å². The molecule has 6 heteroatoms. The molecule has 0 atom stereocenters. The van der Waals surface area contributed by atoms with E-state index in [2.05, 4.69) is 6.92 Å². The molecule has 0 heterocycles. The average molecular weight is 426 g/mol. The van der Waals surface area contributed by atoms with Gasteiger partial charge in [0.2, 0.25) is 0 Å². The van der Waals surface area contributed by atoms with E-state index >= 15 is 0 Å². The second-order valence-corrected chi connectivity index (χ2v) is 7.97. The summed E-state index contributed by atoms with van der Waals surface area (Å²) in [6, 6.07) is 6.38. The summed E-state index contributed by atoms with van der Waals surface area (Å²) in [5.41, 5.74) is 0.0289. The van der Waals surface area contributed by atoms with E-state index in [1.165, 1.54) is 18.6 Å². The highest BCUT2D eigenvalue weighted by Crippen LogP contribution is 2.39. The molecular weight excluding hydrogens is 402 g/mol. The summed E-state index contributed by atoms with van der Waals surface area (Å²) in [6.45, 7) is 2.17. The Morgan fingerprint density at radius 2 is 1.53 bits per heavy atom. The molecule has 2 aromatic rings. The highest BCUT2D eigenvalue weighted by atomic mass is 19.4. The number of allylic oxidation sites excluding steroid dienone is 1. The highest BCUT2D eigenvalue weighted by molar-refractivity contribution is 5.67. The maximum Gasteiger partial charge on any atom is 0.409 e. The maximum absolute atomic E-state index is 14.7. The lowest BCUT2D eigenvalue weighted by molar-refractivity contribution is -0.0790. The Bertz CT molecular complexity index is 881. The molecule has 0 radical (unpaired) electrons. The monoisotopic (exact) mass is 426 g/mol. The van der Waals surface area contributed by atoms with Crippen molar-refractivity contribution < 1.29 is 26.3 Å². The van der Waals surface area contributed by atoms with Crippen molar-refractivity contribution in [2.75, 3.05) is 0 Å². The van der Waals surface area contributed by atoms with Crippen LogP contribution < -0.4 is 0 Å². The topological polar surface area (TPSA) is 0 Å². The van der Waals surface area contributed by atoms with Crippen molar-refractivity contribution >= 4 is 6.08 Å². The van der Waals surface area contributed by atoms with Gasteiger partial charge in [0.15, 0.2) is 0 Å². The van der Waals surface area contributed by atoms with Crippen LogP contribution in [0.15, 0.2) is 36.4 Å². The summed E-state index contributed by atoms with van der Waals surface area (Å²) in [4.78, 5) is 0. The Labute approximate surface area is 172 Å². The molecule has 1 saturated carbocycles. The maximum atomic E-state index is 14.7. The van der Waals surface area contributed by atoms with Crippen LogP contribution >= 0.6 is 0 Å². The van der Waals surface area contributed by atoms with Gasteiger partial charge in [-0.05, 0) is 72.9 Å². The van der Waals surface area contributed by atoms with Crippen LogP contribution in [-0.4, -0.2) is 6.18 Å². The van der Waals surface area contributed by atoms with Crippen LogP contribution in [0, 0.1) is 23.4 Å². The Kier molecular flexibility index (Phi) is 6.94. The molecule has 0 nitrogen and oxygen atoms in total. The van der Waals surface area contributed by atoms with Gasteiger partial charge in [0.25, 0.3) is 0 Å². The summed E-state index contributed by atoms with van der Waals surface area (Å²) < 4.78 is 79.9. The zero-order valence-electron chi connectivity index (χ0n) is 16.7. The van der Waals surface area contributed by atoms with Crippen LogP contribution in [-0.2, 0) is 0 Å². The van der Waals surface area contributed by atoms with Crippen molar-refractivity contribution in [1.29, 1.82) is 0 Å². The summed E-state index contributed by atoms with van der Waals surface area (Å²) in [6.07, 6.45) is 2.01. The first kappa shape index (κ1) is 22.4. The van der Waals surface area contributed by atoms with Gasteiger partial charge in [-0.1, -0.05) is 31.9 Å². The molecule has 30 heavy (non-hydrogen) atoms. The minimum absolute atomic E-state index is 0.0163. The molecule has 2 aromatic carbocycles. The Hall–Kier alpha value is -2.24. The summed E-state index contributed by atoms with van der Waals surface area (Å²) in [5.74, 6) is -1.96. The fourth-order valence-corrected chi connectivity index (χ4v) is 4.29. The number of benzene rings is 2. The lowest BCUT2D eigenvalue weighted by Gasteiger charge is -2.28. The van der Waals surface area contributed by atoms with Gasteiger partial charge in [-0.25, -0.2) is 13.2 Å². The molecule has 0 spiro atoms. The Balaban J connectivity index is 1.81. The fraction of sp³-hybridized carbons (Fsp3) is 0.417. The lowest BCUT2D eigenvalue weighted by Crippen LogP contribution is -2.13. The van der Waals surface area contributed by atoms with Crippen molar-refractivity contribution in [3.63, 3.8) is 0 Å². The number of hydrogen-bond acceptors (Lipinski definition) is 0. The van der Waals surface area contributed by atoms with E-state index in [9.17, 15) is 26.3 Å². The van der Waals surface area contributed by atoms with Crippen molar-refractivity contribution in [2.45, 2.75) is 57.5 Å². The van der Waals surface area contributed by atoms with E-state index in [1.807, 2.05) is 0 Å². The predicted molar refractivity (Wildman–Crippen MR) is 106 cm³/mol. The number of rotatable bonds is 5. The average Bonchev–Trinajstić information content (AvgIpc) is 2.67. The molecule has 162 valence electrons. The zero-order valence-corrected chi connectivity index (χ0v) is 16.7. The quantitative estimate of drug-likeness (QED) is 0.421. The van der Waals surface area contributed by atoms with Crippen LogP contribution in [0.5, 0.6) is 0 Å². The minimum atomic E-state index is -4.69. The minimum Gasteiger partial charge on any atom is -0.206 e. The van der Waals surface area contributed by atoms with E-state index < -0.39 is 29.2 Å². The number of alkyl halides is 3. The van der Waals surface area contributed by atoms with Gasteiger partial charge >= 0.3 is 6.18 Å². The van der Waals surface area contributed by atoms with Crippen LogP contribution in [0.25, 0.3) is 17.2 Å². The Morgan fingerprint density at radius 3 is 2.07 bits per heavy atom. The van der Waals surface area contributed by atoms with E-state index in [0.717, 1.165) is 55.7 Å². The first-order chi connectivity index (χ1) is 14.2. The number of hydrogen-bond donors (Lipinski definition) is 0. The van der Waals surface area contributed by atoms with Gasteiger partial charge in [-0.3, -0.25) is 0 Å². The van der Waals surface area contributed by atoms with E-state index in [0.29, 0.717) is 6.08 Å². The molecule has 0 N–H and O–H groups in total. The van der Waals surface area contributed by atoms with E-state index in [-0.39, 0.29) is 23.1 Å². The van der Waals surface area contributed by atoms with Gasteiger partial charge in [0.1, 0.15) is 17.5 Å². The first-order valence-corrected chi connectivity index (χ1v) is 10.2. The molecule has 0 saturated heterocycles. The molecular formula is C24H24F6. The molecule has 3 rings (SSSR count). The van der Waals surface area contributed by atoms with Crippen LogP contribution in [0.4, 0.5) is 26.3 Å². The molecule has 0 aliphatic heterocycles. The zero-order chi connectivity index (χ0) is 21.9. The summed E-state index contributed by atoms with van der Waals surface area (Å²) in [7, 11) is 0. The third-order valence-electron chi connectivity index (χ3n) is 5.84. The molecule has 0 unspecified atom stereocenters.